The molecular formula is C29H33FN6O5. The molecule has 2 aromatic heterocycles. The number of rotatable bonds is 9. The third-order valence-electron chi connectivity index (χ3n) is 7.11. The van der Waals surface area contributed by atoms with Gasteiger partial charge >= 0.3 is 0 Å². The highest BCUT2D eigenvalue weighted by atomic mass is 19.1. The van der Waals surface area contributed by atoms with Crippen LogP contribution in [0, 0.1) is 0 Å². The highest BCUT2D eigenvalue weighted by molar-refractivity contribution is 5.83. The van der Waals surface area contributed by atoms with E-state index in [0.29, 0.717) is 29.9 Å². The van der Waals surface area contributed by atoms with Crippen molar-refractivity contribution in [1.29, 1.82) is 0 Å². The number of aliphatic hydroxyl groups is 1. The van der Waals surface area contributed by atoms with Crippen LogP contribution in [0.25, 0.3) is 11.2 Å². The number of anilines is 2. The van der Waals surface area contributed by atoms with Gasteiger partial charge in [0.1, 0.15) is 30.5 Å². The van der Waals surface area contributed by atoms with Crippen molar-refractivity contribution >= 4 is 22.7 Å². The molecule has 11 nitrogen and oxygen atoms in total. The summed E-state index contributed by atoms with van der Waals surface area (Å²) in [5, 5.41) is 13.3. The second-order valence-corrected chi connectivity index (χ2v) is 10.6. The van der Waals surface area contributed by atoms with Crippen molar-refractivity contribution in [3.05, 3.63) is 78.7 Å². The van der Waals surface area contributed by atoms with Gasteiger partial charge in [-0.3, -0.25) is 4.57 Å². The van der Waals surface area contributed by atoms with Gasteiger partial charge in [-0.1, -0.05) is 30.4 Å². The maximum atomic E-state index is 14.0. The van der Waals surface area contributed by atoms with Crippen molar-refractivity contribution in [2.75, 3.05) is 30.4 Å². The number of benzene rings is 1. The molecule has 2 fully saturated rings. The number of fused-ring (bicyclic) bond motifs is 2. The minimum Gasteiger partial charge on any atom is -0.353 e. The van der Waals surface area contributed by atoms with Crippen LogP contribution in [0.3, 0.4) is 0 Å². The van der Waals surface area contributed by atoms with Crippen LogP contribution in [0.5, 0.6) is 0 Å². The standard InChI is InChI=1S/C29H33FN6O5/c1-29(2)40-23-21(15-38-28(37)34-20-11-5-4-6-12-20)39-27(24(23)41-29)36-17-33-22-25(31-16-32-26(22)36)35(3)14-18-9-7-8-10-19(30)13-18/h4-7,9-13,16-17,21,23-24,27-28,34,37H,8,14-15H2,1-3H3/t21-,23-,24-,27-,28?/m1/s1. The van der Waals surface area contributed by atoms with Crippen molar-refractivity contribution in [1.82, 2.24) is 19.5 Å². The Balaban J connectivity index is 1.21. The molecule has 12 heteroatoms. The van der Waals surface area contributed by atoms with E-state index in [1.165, 1.54) is 18.5 Å². The van der Waals surface area contributed by atoms with Crippen LogP contribution in [-0.4, -0.2) is 75.3 Å². The van der Waals surface area contributed by atoms with Crippen LogP contribution in [0.1, 0.15) is 26.5 Å². The second kappa shape index (κ2) is 11.3. The molecular weight excluding hydrogens is 531 g/mol. The van der Waals surface area contributed by atoms with E-state index in [4.69, 9.17) is 18.9 Å². The summed E-state index contributed by atoms with van der Waals surface area (Å²) in [5.74, 6) is -0.492. The molecule has 0 bridgehead atoms. The normalized spacial score (nSPS) is 25.9. The number of hydrogen-bond acceptors (Lipinski definition) is 10. The van der Waals surface area contributed by atoms with Gasteiger partial charge in [-0.2, -0.15) is 0 Å². The van der Waals surface area contributed by atoms with Gasteiger partial charge in [-0.05, 0) is 50.1 Å². The molecule has 1 unspecified atom stereocenters. The lowest BCUT2D eigenvalue weighted by Crippen LogP contribution is -2.35. The van der Waals surface area contributed by atoms with Crippen molar-refractivity contribution in [2.24, 2.45) is 0 Å². The fraction of sp³-hybridized carbons (Fsp3) is 0.414. The number of allylic oxidation sites excluding steroid dienone is 4. The molecule has 3 aromatic rings. The van der Waals surface area contributed by atoms with E-state index in [1.54, 1.807) is 6.33 Å². The fourth-order valence-electron chi connectivity index (χ4n) is 5.36. The predicted octanol–water partition coefficient (Wildman–Crippen LogP) is 3.82. The summed E-state index contributed by atoms with van der Waals surface area (Å²) in [7, 11) is 1.88. The van der Waals surface area contributed by atoms with Gasteiger partial charge in [0.05, 0.1) is 12.9 Å². The number of aliphatic hydroxyl groups excluding tert-OH is 1. The summed E-state index contributed by atoms with van der Waals surface area (Å²) < 4.78 is 40.3. The van der Waals surface area contributed by atoms with E-state index < -0.39 is 36.7 Å². The van der Waals surface area contributed by atoms with Gasteiger partial charge < -0.3 is 34.3 Å². The fourth-order valence-corrected chi connectivity index (χ4v) is 5.36. The molecule has 2 N–H and O–H groups in total. The smallest absolute Gasteiger partial charge is 0.235 e. The van der Waals surface area contributed by atoms with E-state index in [1.807, 2.05) is 72.8 Å². The van der Waals surface area contributed by atoms with Gasteiger partial charge in [0.15, 0.2) is 29.0 Å². The zero-order chi connectivity index (χ0) is 28.6. The Labute approximate surface area is 236 Å². The molecule has 1 aliphatic carbocycles. The maximum absolute atomic E-state index is 14.0. The Morgan fingerprint density at radius 3 is 2.83 bits per heavy atom. The molecule has 216 valence electrons. The number of hydrogen-bond donors (Lipinski definition) is 2. The zero-order valence-electron chi connectivity index (χ0n) is 23.1. The van der Waals surface area contributed by atoms with Gasteiger partial charge in [-0.15, -0.1) is 0 Å². The Morgan fingerprint density at radius 2 is 2.00 bits per heavy atom. The first-order valence-electron chi connectivity index (χ1n) is 13.5. The summed E-state index contributed by atoms with van der Waals surface area (Å²) in [5.41, 5.74) is 2.67. The lowest BCUT2D eigenvalue weighted by atomic mass is 10.1. The molecule has 0 spiro atoms. The molecule has 6 rings (SSSR count). The number of imidazole rings is 1. The monoisotopic (exact) mass is 564 g/mol. The number of likely N-dealkylation sites (N-methyl/N-ethyl adjacent to an activating group) is 1. The Hall–Kier alpha value is -3.68. The topological polar surface area (TPSA) is 116 Å². The van der Waals surface area contributed by atoms with Crippen LogP contribution >= 0.6 is 0 Å². The van der Waals surface area contributed by atoms with Crippen LogP contribution in [0.15, 0.2) is 78.7 Å². The van der Waals surface area contributed by atoms with Crippen LogP contribution < -0.4 is 10.2 Å². The van der Waals surface area contributed by atoms with Crippen molar-refractivity contribution in [2.45, 2.75) is 57.0 Å². The Kier molecular flexibility index (Phi) is 7.58. The van der Waals surface area contributed by atoms with Gasteiger partial charge in [0.2, 0.25) is 6.41 Å². The third kappa shape index (κ3) is 5.88. The molecule has 0 amide bonds. The average Bonchev–Trinajstić information content (AvgIpc) is 3.55. The molecule has 1 aromatic carbocycles. The quantitative estimate of drug-likeness (QED) is 0.372. The summed E-state index contributed by atoms with van der Waals surface area (Å²) in [6, 6.07) is 9.28. The van der Waals surface area contributed by atoms with Crippen molar-refractivity contribution < 1.29 is 28.4 Å². The molecule has 5 atom stereocenters. The number of nitrogens with zero attached hydrogens (tertiary/aromatic N) is 5. The minimum atomic E-state index is -1.24. The molecule has 2 saturated heterocycles. The largest absolute Gasteiger partial charge is 0.353 e. The molecule has 4 heterocycles. The number of aromatic nitrogens is 4. The second-order valence-electron chi connectivity index (χ2n) is 10.6. The highest BCUT2D eigenvalue weighted by Crippen LogP contribution is 2.44. The van der Waals surface area contributed by atoms with Gasteiger partial charge in [0, 0.05) is 19.3 Å². The Bertz CT molecular complexity index is 1470. The predicted molar refractivity (Wildman–Crippen MR) is 149 cm³/mol. The number of ether oxygens (including phenoxy) is 4. The van der Waals surface area contributed by atoms with Crippen molar-refractivity contribution in [3.63, 3.8) is 0 Å². The summed E-state index contributed by atoms with van der Waals surface area (Å²) in [6.07, 6.45) is 7.28. The molecule has 41 heavy (non-hydrogen) atoms. The maximum Gasteiger partial charge on any atom is 0.235 e. The number of para-hydroxylation sites is 1. The van der Waals surface area contributed by atoms with Gasteiger partial charge in [0.25, 0.3) is 0 Å². The third-order valence-corrected chi connectivity index (χ3v) is 7.11. The summed E-state index contributed by atoms with van der Waals surface area (Å²) in [4.78, 5) is 15.5. The lowest BCUT2D eigenvalue weighted by molar-refractivity contribution is -0.208. The number of nitrogens with one attached hydrogen (secondary N) is 1. The van der Waals surface area contributed by atoms with E-state index in [2.05, 4.69) is 20.3 Å². The molecule has 0 radical (unpaired) electrons. The molecule has 3 aliphatic rings. The van der Waals surface area contributed by atoms with E-state index in [-0.39, 0.29) is 12.4 Å². The van der Waals surface area contributed by atoms with Crippen LogP contribution in [0.4, 0.5) is 15.9 Å². The minimum absolute atomic E-state index is 0.0569. The molecule has 0 saturated carbocycles. The van der Waals surface area contributed by atoms with Crippen molar-refractivity contribution in [3.8, 4) is 0 Å². The average molecular weight is 565 g/mol. The molecule has 2 aliphatic heterocycles. The van der Waals surface area contributed by atoms with E-state index >= 15 is 0 Å². The first-order chi connectivity index (χ1) is 19.8. The van der Waals surface area contributed by atoms with E-state index in [0.717, 1.165) is 11.3 Å². The van der Waals surface area contributed by atoms with Crippen LogP contribution in [-0.2, 0) is 18.9 Å². The lowest BCUT2D eigenvalue weighted by Gasteiger charge is -2.25. The van der Waals surface area contributed by atoms with Gasteiger partial charge in [-0.25, -0.2) is 19.3 Å². The van der Waals surface area contributed by atoms with Crippen LogP contribution in [0.2, 0.25) is 0 Å². The highest BCUT2D eigenvalue weighted by Gasteiger charge is 2.56. The zero-order valence-corrected chi connectivity index (χ0v) is 23.1. The first-order valence-corrected chi connectivity index (χ1v) is 13.5. The summed E-state index contributed by atoms with van der Waals surface area (Å²) >= 11 is 0. The summed E-state index contributed by atoms with van der Waals surface area (Å²) in [6.45, 7) is 4.19. The SMILES string of the molecule is CN(CC1=CC(F)=CCC=C1)c1ncnc2c1ncn2[C@@H]1O[C@H](COC(O)Nc2ccccc2)[C@H]2OC(C)(C)O[C@H]21. The van der Waals surface area contributed by atoms with E-state index in [9.17, 15) is 9.50 Å². The first kappa shape index (κ1) is 27.5. The Morgan fingerprint density at radius 1 is 1.20 bits per heavy atom. The number of halogens is 1.